The summed E-state index contributed by atoms with van der Waals surface area (Å²) in [5.74, 6) is 0.775. The van der Waals surface area contributed by atoms with E-state index in [0.717, 1.165) is 11.5 Å². The molecule has 0 aliphatic carbocycles. The van der Waals surface area contributed by atoms with Gasteiger partial charge in [0, 0.05) is 12.4 Å². The van der Waals surface area contributed by atoms with Crippen molar-refractivity contribution in [2.75, 3.05) is 5.32 Å². The fourth-order valence-corrected chi connectivity index (χ4v) is 1.20. The van der Waals surface area contributed by atoms with Crippen molar-refractivity contribution in [1.29, 1.82) is 0 Å². The standard InChI is InChI=1S/C9H11N3/c1-9(2)6-11-8-7(12-9)4-3-5-10-8/h3-6,12H,1-2H3. The highest BCUT2D eigenvalue weighted by Gasteiger charge is 2.20. The van der Waals surface area contributed by atoms with Crippen LogP contribution in [0.3, 0.4) is 0 Å². The number of fused-ring (bicyclic) bond motifs is 1. The molecule has 0 saturated heterocycles. The van der Waals surface area contributed by atoms with E-state index < -0.39 is 0 Å². The monoisotopic (exact) mass is 161 g/mol. The lowest BCUT2D eigenvalue weighted by atomic mass is 10.1. The zero-order valence-electron chi connectivity index (χ0n) is 7.20. The number of aliphatic imine (C=N–C) groups is 1. The zero-order chi connectivity index (χ0) is 8.60. The highest BCUT2D eigenvalue weighted by molar-refractivity contribution is 5.84. The summed E-state index contributed by atoms with van der Waals surface area (Å²) in [6.45, 7) is 4.15. The summed E-state index contributed by atoms with van der Waals surface area (Å²) < 4.78 is 0. The molecular weight excluding hydrogens is 150 g/mol. The third kappa shape index (κ3) is 1.18. The maximum Gasteiger partial charge on any atom is 0.175 e. The van der Waals surface area contributed by atoms with E-state index in [1.807, 2.05) is 18.3 Å². The average molecular weight is 161 g/mol. The summed E-state index contributed by atoms with van der Waals surface area (Å²) in [4.78, 5) is 8.37. The van der Waals surface area contributed by atoms with E-state index in [4.69, 9.17) is 0 Å². The molecule has 3 heteroatoms. The van der Waals surface area contributed by atoms with Gasteiger partial charge in [0.05, 0.1) is 11.2 Å². The van der Waals surface area contributed by atoms with E-state index in [0.29, 0.717) is 0 Å². The maximum atomic E-state index is 4.25. The Kier molecular flexibility index (Phi) is 1.40. The molecule has 0 aromatic carbocycles. The van der Waals surface area contributed by atoms with E-state index in [9.17, 15) is 0 Å². The molecule has 0 fully saturated rings. The van der Waals surface area contributed by atoms with Crippen molar-refractivity contribution < 1.29 is 0 Å². The van der Waals surface area contributed by atoms with Crippen molar-refractivity contribution in [2.45, 2.75) is 19.4 Å². The first-order valence-corrected chi connectivity index (χ1v) is 3.96. The molecule has 0 atom stereocenters. The van der Waals surface area contributed by atoms with Crippen LogP contribution in [0.1, 0.15) is 13.8 Å². The number of nitrogens with zero attached hydrogens (tertiary/aromatic N) is 2. The highest BCUT2D eigenvalue weighted by atomic mass is 15.1. The lowest BCUT2D eigenvalue weighted by molar-refractivity contribution is 0.766. The van der Waals surface area contributed by atoms with Crippen LogP contribution in [0.4, 0.5) is 11.5 Å². The fourth-order valence-electron chi connectivity index (χ4n) is 1.20. The third-order valence-corrected chi connectivity index (χ3v) is 1.75. The predicted molar refractivity (Wildman–Crippen MR) is 50.1 cm³/mol. The summed E-state index contributed by atoms with van der Waals surface area (Å²) in [6, 6.07) is 3.89. The van der Waals surface area contributed by atoms with Gasteiger partial charge in [-0.15, -0.1) is 0 Å². The van der Waals surface area contributed by atoms with Gasteiger partial charge >= 0.3 is 0 Å². The molecule has 1 aliphatic rings. The Hall–Kier alpha value is -1.38. The smallest absolute Gasteiger partial charge is 0.175 e. The molecule has 0 spiro atoms. The summed E-state index contributed by atoms with van der Waals surface area (Å²) in [5.41, 5.74) is 0.945. The second kappa shape index (κ2) is 2.30. The van der Waals surface area contributed by atoms with Gasteiger partial charge in [0.25, 0.3) is 0 Å². The quantitative estimate of drug-likeness (QED) is 0.631. The first kappa shape index (κ1) is 7.28. The van der Waals surface area contributed by atoms with Gasteiger partial charge < -0.3 is 5.32 Å². The van der Waals surface area contributed by atoms with Crippen LogP contribution in [0, 0.1) is 0 Å². The predicted octanol–water partition coefficient (Wildman–Crippen LogP) is 1.99. The first-order valence-electron chi connectivity index (χ1n) is 3.96. The fraction of sp³-hybridized carbons (Fsp3) is 0.333. The van der Waals surface area contributed by atoms with Crippen molar-refractivity contribution in [3.63, 3.8) is 0 Å². The van der Waals surface area contributed by atoms with Crippen molar-refractivity contribution >= 4 is 17.7 Å². The Morgan fingerprint density at radius 3 is 3.08 bits per heavy atom. The van der Waals surface area contributed by atoms with E-state index in [1.165, 1.54) is 0 Å². The van der Waals surface area contributed by atoms with Crippen LogP contribution in [-0.4, -0.2) is 16.7 Å². The summed E-state index contributed by atoms with van der Waals surface area (Å²) in [5, 5.41) is 3.32. The molecule has 12 heavy (non-hydrogen) atoms. The molecule has 0 amide bonds. The van der Waals surface area contributed by atoms with Crippen molar-refractivity contribution in [1.82, 2.24) is 4.98 Å². The Morgan fingerprint density at radius 2 is 2.25 bits per heavy atom. The maximum absolute atomic E-state index is 4.25. The third-order valence-electron chi connectivity index (χ3n) is 1.75. The van der Waals surface area contributed by atoms with Crippen LogP contribution in [0.5, 0.6) is 0 Å². The van der Waals surface area contributed by atoms with Gasteiger partial charge in [-0.1, -0.05) is 0 Å². The molecule has 62 valence electrons. The molecule has 1 N–H and O–H groups in total. The van der Waals surface area contributed by atoms with Crippen molar-refractivity contribution in [3.05, 3.63) is 18.3 Å². The first-order chi connectivity index (χ1) is 5.67. The molecule has 2 heterocycles. The van der Waals surface area contributed by atoms with Crippen LogP contribution < -0.4 is 5.32 Å². The van der Waals surface area contributed by atoms with Crippen molar-refractivity contribution in [3.8, 4) is 0 Å². The minimum absolute atomic E-state index is 0.0595. The van der Waals surface area contributed by atoms with Gasteiger partial charge in [-0.3, -0.25) is 0 Å². The van der Waals surface area contributed by atoms with Gasteiger partial charge in [-0.2, -0.15) is 0 Å². The molecule has 0 unspecified atom stereocenters. The van der Waals surface area contributed by atoms with E-state index in [-0.39, 0.29) is 5.54 Å². The van der Waals surface area contributed by atoms with Gasteiger partial charge in [0.15, 0.2) is 5.82 Å². The summed E-state index contributed by atoms with van der Waals surface area (Å²) in [6.07, 6.45) is 3.62. The number of anilines is 1. The normalized spacial score (nSPS) is 18.2. The molecular formula is C9H11N3. The molecule has 0 saturated carbocycles. The number of hydrogen-bond donors (Lipinski definition) is 1. The van der Waals surface area contributed by atoms with Gasteiger partial charge in [0.2, 0.25) is 0 Å². The largest absolute Gasteiger partial charge is 0.372 e. The van der Waals surface area contributed by atoms with Crippen LogP contribution in [0.15, 0.2) is 23.3 Å². The topological polar surface area (TPSA) is 37.3 Å². The van der Waals surface area contributed by atoms with Crippen LogP contribution in [-0.2, 0) is 0 Å². The minimum Gasteiger partial charge on any atom is -0.372 e. The number of aromatic nitrogens is 1. The van der Waals surface area contributed by atoms with E-state index in [1.54, 1.807) is 6.20 Å². The van der Waals surface area contributed by atoms with Gasteiger partial charge in [-0.25, -0.2) is 9.98 Å². The lowest BCUT2D eigenvalue weighted by Gasteiger charge is -2.26. The number of hydrogen-bond acceptors (Lipinski definition) is 3. The SMILES string of the molecule is CC1(C)C=Nc2ncccc2N1. The second-order valence-electron chi connectivity index (χ2n) is 3.48. The Balaban J connectivity index is 2.46. The molecule has 1 aromatic rings. The molecule has 0 radical (unpaired) electrons. The number of rotatable bonds is 0. The van der Waals surface area contributed by atoms with Crippen LogP contribution >= 0.6 is 0 Å². The van der Waals surface area contributed by atoms with E-state index >= 15 is 0 Å². The second-order valence-corrected chi connectivity index (χ2v) is 3.48. The Morgan fingerprint density at radius 1 is 1.42 bits per heavy atom. The molecule has 3 nitrogen and oxygen atoms in total. The number of nitrogens with one attached hydrogen (secondary N) is 1. The Bertz CT molecular complexity index is 328. The van der Waals surface area contributed by atoms with Gasteiger partial charge in [0.1, 0.15) is 0 Å². The molecule has 1 aromatic heterocycles. The van der Waals surface area contributed by atoms with E-state index in [2.05, 4.69) is 29.1 Å². The van der Waals surface area contributed by atoms with Crippen molar-refractivity contribution in [2.24, 2.45) is 4.99 Å². The average Bonchev–Trinajstić information content (AvgIpc) is 2.02. The Labute approximate surface area is 71.6 Å². The number of pyridine rings is 1. The van der Waals surface area contributed by atoms with Crippen LogP contribution in [0.2, 0.25) is 0 Å². The molecule has 0 bridgehead atoms. The molecule has 2 rings (SSSR count). The summed E-state index contributed by atoms with van der Waals surface area (Å²) in [7, 11) is 0. The summed E-state index contributed by atoms with van der Waals surface area (Å²) >= 11 is 0. The zero-order valence-corrected chi connectivity index (χ0v) is 7.20. The lowest BCUT2D eigenvalue weighted by Crippen LogP contribution is -2.34. The molecule has 1 aliphatic heterocycles. The highest BCUT2D eigenvalue weighted by Crippen LogP contribution is 2.27. The van der Waals surface area contributed by atoms with Gasteiger partial charge in [-0.05, 0) is 26.0 Å². The van der Waals surface area contributed by atoms with Crippen LogP contribution in [0.25, 0.3) is 0 Å². The minimum atomic E-state index is -0.0595.